The topological polar surface area (TPSA) is 18.5 Å². The van der Waals surface area contributed by atoms with Gasteiger partial charge in [0.15, 0.2) is 0 Å². The molecule has 0 aromatic heterocycles. The Morgan fingerprint density at radius 2 is 2.21 bits per heavy atom. The largest absolute Gasteiger partial charge is 0.316 e. The van der Waals surface area contributed by atoms with E-state index in [4.69, 9.17) is 0 Å². The van der Waals surface area contributed by atoms with Gasteiger partial charge in [-0.25, -0.2) is 0 Å². The Kier molecular flexibility index (Phi) is 5.67. The van der Waals surface area contributed by atoms with Crippen LogP contribution in [0.2, 0.25) is 0 Å². The zero-order valence-corrected chi connectivity index (χ0v) is 13.2. The van der Waals surface area contributed by atoms with Gasteiger partial charge in [-0.05, 0) is 64.7 Å². The molecule has 3 nitrogen and oxygen atoms in total. The minimum atomic E-state index is 0.541. The summed E-state index contributed by atoms with van der Waals surface area (Å²) in [5.74, 6) is 0. The third kappa shape index (κ3) is 4.17. The summed E-state index contributed by atoms with van der Waals surface area (Å²) in [5.41, 5.74) is 0.541. The summed E-state index contributed by atoms with van der Waals surface area (Å²) >= 11 is 0. The molecule has 2 rings (SSSR count). The van der Waals surface area contributed by atoms with Crippen LogP contribution in [0.4, 0.5) is 0 Å². The van der Waals surface area contributed by atoms with Crippen LogP contribution in [-0.2, 0) is 0 Å². The van der Waals surface area contributed by atoms with Gasteiger partial charge in [0.2, 0.25) is 0 Å². The van der Waals surface area contributed by atoms with Crippen molar-refractivity contribution in [1.29, 1.82) is 0 Å². The van der Waals surface area contributed by atoms with E-state index in [0.717, 1.165) is 6.04 Å². The Hall–Kier alpha value is -0.120. The van der Waals surface area contributed by atoms with Crippen molar-refractivity contribution in [3.8, 4) is 0 Å². The van der Waals surface area contributed by atoms with Gasteiger partial charge in [0.1, 0.15) is 0 Å². The van der Waals surface area contributed by atoms with E-state index in [1.165, 1.54) is 71.2 Å². The van der Waals surface area contributed by atoms with E-state index in [1.54, 1.807) is 0 Å². The van der Waals surface area contributed by atoms with Crippen LogP contribution >= 0.6 is 0 Å². The first-order valence-electron chi connectivity index (χ1n) is 8.25. The van der Waals surface area contributed by atoms with E-state index in [2.05, 4.69) is 36.1 Å². The number of rotatable bonds is 6. The predicted molar refractivity (Wildman–Crippen MR) is 82.6 cm³/mol. The number of hydrogen-bond acceptors (Lipinski definition) is 3. The maximum atomic E-state index is 3.63. The van der Waals surface area contributed by atoms with Crippen LogP contribution < -0.4 is 5.32 Å². The van der Waals surface area contributed by atoms with Crippen molar-refractivity contribution in [2.24, 2.45) is 5.41 Å². The van der Waals surface area contributed by atoms with Crippen molar-refractivity contribution in [3.63, 3.8) is 0 Å². The highest BCUT2D eigenvalue weighted by atomic mass is 15.2. The van der Waals surface area contributed by atoms with Gasteiger partial charge in [-0.1, -0.05) is 13.3 Å². The Balaban J connectivity index is 1.85. The zero-order chi connectivity index (χ0) is 13.7. The van der Waals surface area contributed by atoms with E-state index < -0.39 is 0 Å². The first-order valence-corrected chi connectivity index (χ1v) is 8.25. The van der Waals surface area contributed by atoms with Crippen LogP contribution in [-0.4, -0.2) is 62.7 Å². The average Bonchev–Trinajstić information content (AvgIpc) is 2.76. The number of likely N-dealkylation sites (N-methyl/N-ethyl adjacent to an activating group) is 2. The molecule has 0 aliphatic carbocycles. The predicted octanol–water partition coefficient (Wildman–Crippen LogP) is 2.18. The molecule has 2 unspecified atom stereocenters. The molecular weight excluding hydrogens is 234 g/mol. The molecule has 0 amide bonds. The van der Waals surface area contributed by atoms with Gasteiger partial charge in [0.05, 0.1) is 0 Å². The summed E-state index contributed by atoms with van der Waals surface area (Å²) < 4.78 is 0. The maximum Gasteiger partial charge on any atom is 0.0220 e. The van der Waals surface area contributed by atoms with Crippen LogP contribution in [0, 0.1) is 5.41 Å². The minimum Gasteiger partial charge on any atom is -0.316 e. The molecule has 0 radical (unpaired) electrons. The molecule has 3 heteroatoms. The monoisotopic (exact) mass is 267 g/mol. The van der Waals surface area contributed by atoms with E-state index in [0.29, 0.717) is 5.41 Å². The quantitative estimate of drug-likeness (QED) is 0.796. The molecule has 2 atom stereocenters. The summed E-state index contributed by atoms with van der Waals surface area (Å²) in [6.07, 6.45) is 8.25. The summed E-state index contributed by atoms with van der Waals surface area (Å²) in [6, 6.07) is 0.792. The van der Waals surface area contributed by atoms with Gasteiger partial charge in [0, 0.05) is 25.7 Å². The summed E-state index contributed by atoms with van der Waals surface area (Å²) in [6.45, 7) is 8.60. The molecule has 0 bridgehead atoms. The summed E-state index contributed by atoms with van der Waals surface area (Å²) in [7, 11) is 4.62. The van der Waals surface area contributed by atoms with E-state index in [9.17, 15) is 0 Å². The third-order valence-electron chi connectivity index (χ3n) is 5.14. The zero-order valence-electron chi connectivity index (χ0n) is 13.2. The van der Waals surface area contributed by atoms with Crippen molar-refractivity contribution in [3.05, 3.63) is 0 Å². The second-order valence-corrected chi connectivity index (χ2v) is 7.00. The lowest BCUT2D eigenvalue weighted by molar-refractivity contribution is 0.106. The average molecular weight is 267 g/mol. The standard InChI is InChI=1S/C16H33N3/c1-4-8-16(9-6-10-17-13-16)14-18(2)12-15-7-5-11-19(15)3/h15,17H,4-14H2,1-3H3. The fraction of sp³-hybridized carbons (Fsp3) is 1.00. The molecule has 0 aromatic rings. The van der Waals surface area contributed by atoms with Crippen LogP contribution in [0.1, 0.15) is 45.4 Å². The van der Waals surface area contributed by atoms with Crippen molar-refractivity contribution in [1.82, 2.24) is 15.1 Å². The van der Waals surface area contributed by atoms with Crippen molar-refractivity contribution in [2.75, 3.05) is 46.8 Å². The van der Waals surface area contributed by atoms with E-state index in [1.807, 2.05) is 0 Å². The minimum absolute atomic E-state index is 0.541. The highest BCUT2D eigenvalue weighted by Gasteiger charge is 2.33. The van der Waals surface area contributed by atoms with Gasteiger partial charge in [-0.15, -0.1) is 0 Å². The Morgan fingerprint density at radius 3 is 2.79 bits per heavy atom. The molecule has 2 fully saturated rings. The van der Waals surface area contributed by atoms with Gasteiger partial charge in [-0.3, -0.25) is 0 Å². The lowest BCUT2D eigenvalue weighted by Gasteiger charge is -2.41. The molecule has 2 aliphatic heterocycles. The molecule has 2 saturated heterocycles. The molecule has 2 heterocycles. The van der Waals surface area contributed by atoms with Crippen molar-refractivity contribution >= 4 is 0 Å². The lowest BCUT2D eigenvalue weighted by Crippen LogP contribution is -2.48. The van der Waals surface area contributed by atoms with Crippen LogP contribution in [0.5, 0.6) is 0 Å². The fourth-order valence-electron chi connectivity index (χ4n) is 4.19. The van der Waals surface area contributed by atoms with Crippen LogP contribution in [0.25, 0.3) is 0 Å². The molecule has 1 N–H and O–H groups in total. The molecule has 0 saturated carbocycles. The first kappa shape index (κ1) is 15.3. The first-order chi connectivity index (χ1) is 9.15. The van der Waals surface area contributed by atoms with Crippen LogP contribution in [0.3, 0.4) is 0 Å². The van der Waals surface area contributed by atoms with Crippen molar-refractivity contribution in [2.45, 2.75) is 51.5 Å². The molecule has 19 heavy (non-hydrogen) atoms. The van der Waals surface area contributed by atoms with E-state index in [-0.39, 0.29) is 0 Å². The lowest BCUT2D eigenvalue weighted by atomic mass is 9.76. The van der Waals surface area contributed by atoms with Gasteiger partial charge in [0.25, 0.3) is 0 Å². The fourth-order valence-corrected chi connectivity index (χ4v) is 4.19. The molecule has 2 aliphatic rings. The van der Waals surface area contributed by atoms with E-state index >= 15 is 0 Å². The number of hydrogen-bond donors (Lipinski definition) is 1. The normalized spacial score (nSPS) is 33.2. The SMILES string of the molecule is CCCC1(CN(C)CC2CCCN2C)CCCNC1. The van der Waals surface area contributed by atoms with Gasteiger partial charge >= 0.3 is 0 Å². The highest BCUT2D eigenvalue weighted by Crippen LogP contribution is 2.32. The van der Waals surface area contributed by atoms with Crippen molar-refractivity contribution < 1.29 is 0 Å². The molecular formula is C16H33N3. The number of piperidine rings is 1. The Labute approximate surface area is 119 Å². The molecule has 0 aromatic carbocycles. The summed E-state index contributed by atoms with van der Waals surface area (Å²) in [4.78, 5) is 5.15. The Morgan fingerprint density at radius 1 is 1.37 bits per heavy atom. The number of likely N-dealkylation sites (tertiary alicyclic amines) is 1. The second-order valence-electron chi connectivity index (χ2n) is 7.00. The second kappa shape index (κ2) is 7.05. The highest BCUT2D eigenvalue weighted by molar-refractivity contribution is 4.89. The van der Waals surface area contributed by atoms with Gasteiger partial charge in [-0.2, -0.15) is 0 Å². The van der Waals surface area contributed by atoms with Gasteiger partial charge < -0.3 is 15.1 Å². The molecule has 0 spiro atoms. The molecule has 112 valence electrons. The number of nitrogens with one attached hydrogen (secondary N) is 1. The smallest absolute Gasteiger partial charge is 0.0220 e. The number of nitrogens with zero attached hydrogens (tertiary/aromatic N) is 2. The maximum absolute atomic E-state index is 3.63. The summed E-state index contributed by atoms with van der Waals surface area (Å²) in [5, 5.41) is 3.63. The Bertz CT molecular complexity index is 255. The third-order valence-corrected chi connectivity index (χ3v) is 5.14. The van der Waals surface area contributed by atoms with Crippen LogP contribution in [0.15, 0.2) is 0 Å².